The predicted molar refractivity (Wildman–Crippen MR) is 151 cm³/mol. The summed E-state index contributed by atoms with van der Waals surface area (Å²) in [4.78, 5) is 35.9. The van der Waals surface area contributed by atoms with Crippen molar-refractivity contribution in [2.45, 2.75) is 39.3 Å². The molecule has 1 unspecified atom stereocenters. The van der Waals surface area contributed by atoms with Crippen molar-refractivity contribution in [2.75, 3.05) is 31.1 Å². The van der Waals surface area contributed by atoms with Crippen LogP contribution in [0.1, 0.15) is 29.8 Å². The summed E-state index contributed by atoms with van der Waals surface area (Å²) in [6, 6.07) is 6.46. The molecule has 0 N–H and O–H groups in total. The molecule has 2 saturated heterocycles. The maximum atomic E-state index is 14.0. The van der Waals surface area contributed by atoms with Gasteiger partial charge in [0.15, 0.2) is 5.82 Å². The molecule has 2 aliphatic rings. The van der Waals surface area contributed by atoms with E-state index in [0.29, 0.717) is 34.8 Å². The Hall–Kier alpha value is -3.96. The summed E-state index contributed by atoms with van der Waals surface area (Å²) >= 11 is 6.43. The van der Waals surface area contributed by atoms with E-state index in [9.17, 15) is 13.6 Å². The fourth-order valence-corrected chi connectivity index (χ4v) is 5.68. The maximum Gasteiger partial charge on any atom is 0.277 e. The molecule has 12 heteroatoms. The summed E-state index contributed by atoms with van der Waals surface area (Å²) in [7, 11) is 0. The van der Waals surface area contributed by atoms with Crippen LogP contribution in [0.3, 0.4) is 0 Å². The molecule has 2 aliphatic heterocycles. The van der Waals surface area contributed by atoms with Crippen LogP contribution in [0.25, 0.3) is 17.1 Å². The van der Waals surface area contributed by atoms with Gasteiger partial charge in [0.05, 0.1) is 23.3 Å². The van der Waals surface area contributed by atoms with Gasteiger partial charge in [-0.3, -0.25) is 24.2 Å². The first-order chi connectivity index (χ1) is 19.8. The lowest BCUT2D eigenvalue weighted by Crippen LogP contribution is -2.50. The van der Waals surface area contributed by atoms with Crippen molar-refractivity contribution in [3.05, 3.63) is 86.8 Å². The number of fused-ring (bicyclic) bond motifs is 1. The third-order valence-corrected chi connectivity index (χ3v) is 7.99. The summed E-state index contributed by atoms with van der Waals surface area (Å²) in [5, 5.41) is -0.175. The molecular formula is C29H28ClF2N7O2. The zero-order valence-corrected chi connectivity index (χ0v) is 23.4. The number of hydrogen-bond acceptors (Lipinski definition) is 8. The molecule has 0 aliphatic carbocycles. The van der Waals surface area contributed by atoms with Gasteiger partial charge < -0.3 is 9.64 Å². The first-order valence-electron chi connectivity index (χ1n) is 13.4. The summed E-state index contributed by atoms with van der Waals surface area (Å²) in [5.74, 6) is -0.895. The van der Waals surface area contributed by atoms with Crippen LogP contribution in [0.2, 0.25) is 5.02 Å². The van der Waals surface area contributed by atoms with Crippen LogP contribution < -0.4 is 15.2 Å². The third-order valence-electron chi connectivity index (χ3n) is 7.64. The minimum Gasteiger partial charge on any atom is -0.485 e. The van der Waals surface area contributed by atoms with E-state index in [-0.39, 0.29) is 23.1 Å². The van der Waals surface area contributed by atoms with Gasteiger partial charge in [0, 0.05) is 55.9 Å². The fourth-order valence-electron chi connectivity index (χ4n) is 5.49. The quantitative estimate of drug-likeness (QED) is 0.330. The second-order valence-corrected chi connectivity index (χ2v) is 10.7. The molecule has 1 atom stereocenters. The molecule has 0 saturated carbocycles. The first kappa shape index (κ1) is 27.2. The molecule has 0 bridgehead atoms. The van der Waals surface area contributed by atoms with E-state index in [1.807, 2.05) is 6.92 Å². The predicted octanol–water partition coefficient (Wildman–Crippen LogP) is 4.50. The number of anilines is 1. The van der Waals surface area contributed by atoms with E-state index < -0.39 is 17.2 Å². The van der Waals surface area contributed by atoms with Crippen LogP contribution in [-0.4, -0.2) is 61.6 Å². The van der Waals surface area contributed by atoms with Crippen LogP contribution in [0, 0.1) is 25.5 Å². The zero-order chi connectivity index (χ0) is 28.7. The van der Waals surface area contributed by atoms with Crippen molar-refractivity contribution in [1.82, 2.24) is 29.4 Å². The van der Waals surface area contributed by atoms with E-state index in [1.165, 1.54) is 17.4 Å². The van der Waals surface area contributed by atoms with Gasteiger partial charge in [-0.25, -0.2) is 18.7 Å². The highest BCUT2D eigenvalue weighted by molar-refractivity contribution is 6.31. The van der Waals surface area contributed by atoms with Crippen molar-refractivity contribution in [3.8, 4) is 22.8 Å². The molecule has 212 valence electrons. The van der Waals surface area contributed by atoms with E-state index in [1.54, 1.807) is 37.5 Å². The smallest absolute Gasteiger partial charge is 0.277 e. The monoisotopic (exact) mass is 579 g/mol. The summed E-state index contributed by atoms with van der Waals surface area (Å²) in [6.45, 7) is 7.22. The first-order valence-corrected chi connectivity index (χ1v) is 13.8. The average molecular weight is 580 g/mol. The van der Waals surface area contributed by atoms with Gasteiger partial charge in [-0.2, -0.15) is 0 Å². The van der Waals surface area contributed by atoms with E-state index in [0.717, 1.165) is 44.0 Å². The minimum absolute atomic E-state index is 0.0747. The largest absolute Gasteiger partial charge is 0.485 e. The number of aromatic nitrogens is 5. The fraction of sp³-hybridized carbons (Fsp3) is 0.345. The SMILES string of the molecule is Cc1cnc(-c2ccnc(N3CCN4CCCC4C3)n2)cc1-n1c(C)cc(OCc2ncc(F)cc2F)c(Cl)c1=O. The standard InChI is InChI=1S/C29H28ClF2N7O2/c1-17-13-34-23(22-5-6-33-29(36-22)38-9-8-37-7-3-4-20(37)15-38)12-25(17)39-18(2)10-26(27(30)28(39)40)41-16-24-21(32)11-19(31)14-35-24/h5-6,10-14,20H,3-4,7-9,15-16H2,1-2H3. The molecule has 0 amide bonds. The highest BCUT2D eigenvalue weighted by Gasteiger charge is 2.31. The maximum absolute atomic E-state index is 14.0. The number of hydrogen-bond donors (Lipinski definition) is 0. The van der Waals surface area contributed by atoms with Gasteiger partial charge in [0.1, 0.15) is 28.9 Å². The summed E-state index contributed by atoms with van der Waals surface area (Å²) < 4.78 is 34.3. The van der Waals surface area contributed by atoms with Crippen molar-refractivity contribution in [1.29, 1.82) is 0 Å². The molecule has 0 aromatic carbocycles. The minimum atomic E-state index is -0.847. The molecule has 4 aromatic rings. The highest BCUT2D eigenvalue weighted by atomic mass is 35.5. The molecule has 9 nitrogen and oxygen atoms in total. The van der Waals surface area contributed by atoms with Crippen LogP contribution in [0.15, 0.2) is 47.7 Å². The second kappa shape index (κ2) is 11.1. The number of piperazine rings is 1. The Morgan fingerprint density at radius 3 is 2.73 bits per heavy atom. The number of halogens is 3. The highest BCUT2D eigenvalue weighted by Crippen LogP contribution is 2.28. The molecule has 41 heavy (non-hydrogen) atoms. The molecule has 6 heterocycles. The van der Waals surface area contributed by atoms with Crippen molar-refractivity contribution in [2.24, 2.45) is 0 Å². The topological polar surface area (TPSA) is 89.3 Å². The Bertz CT molecular complexity index is 1680. The van der Waals surface area contributed by atoms with Crippen LogP contribution in [0.4, 0.5) is 14.7 Å². The molecule has 0 spiro atoms. The molecule has 6 rings (SSSR count). The van der Waals surface area contributed by atoms with Crippen LogP contribution in [0.5, 0.6) is 5.75 Å². The summed E-state index contributed by atoms with van der Waals surface area (Å²) in [5.41, 5.74) is 2.52. The second-order valence-electron chi connectivity index (χ2n) is 10.4. The zero-order valence-electron chi connectivity index (χ0n) is 22.6. The molecule has 4 aromatic heterocycles. The van der Waals surface area contributed by atoms with Gasteiger partial charge in [0.2, 0.25) is 5.95 Å². The number of rotatable bonds is 6. The van der Waals surface area contributed by atoms with E-state index in [2.05, 4.69) is 24.8 Å². The third kappa shape index (κ3) is 5.39. The lowest BCUT2D eigenvalue weighted by Gasteiger charge is -2.37. The lowest BCUT2D eigenvalue weighted by atomic mass is 10.1. The van der Waals surface area contributed by atoms with Crippen LogP contribution in [-0.2, 0) is 6.61 Å². The Morgan fingerprint density at radius 2 is 1.90 bits per heavy atom. The lowest BCUT2D eigenvalue weighted by molar-refractivity contribution is 0.229. The van der Waals surface area contributed by atoms with Crippen LogP contribution >= 0.6 is 11.6 Å². The van der Waals surface area contributed by atoms with Gasteiger partial charge in [-0.15, -0.1) is 0 Å². The molecule has 0 radical (unpaired) electrons. The summed E-state index contributed by atoms with van der Waals surface area (Å²) in [6.07, 6.45) is 6.75. The average Bonchev–Trinajstić information content (AvgIpc) is 3.44. The number of aryl methyl sites for hydroxylation is 2. The molecular weight excluding hydrogens is 552 g/mol. The Labute approximate surface area is 240 Å². The number of ether oxygens (including phenoxy) is 1. The van der Waals surface area contributed by atoms with E-state index >= 15 is 0 Å². The van der Waals surface area contributed by atoms with Crippen molar-refractivity contribution in [3.63, 3.8) is 0 Å². The Balaban J connectivity index is 1.29. The Kier molecular flexibility index (Phi) is 7.39. The normalized spacial score (nSPS) is 17.1. The van der Waals surface area contributed by atoms with E-state index in [4.69, 9.17) is 21.3 Å². The van der Waals surface area contributed by atoms with Crippen molar-refractivity contribution < 1.29 is 13.5 Å². The van der Waals surface area contributed by atoms with Crippen molar-refractivity contribution >= 4 is 17.5 Å². The van der Waals surface area contributed by atoms with Gasteiger partial charge in [-0.1, -0.05) is 11.6 Å². The Morgan fingerprint density at radius 1 is 1.05 bits per heavy atom. The van der Waals surface area contributed by atoms with Gasteiger partial charge in [-0.05, 0) is 50.9 Å². The number of pyridine rings is 3. The number of nitrogens with zero attached hydrogens (tertiary/aromatic N) is 7. The molecule has 2 fully saturated rings. The van der Waals surface area contributed by atoms with Gasteiger partial charge in [0.25, 0.3) is 5.56 Å². The van der Waals surface area contributed by atoms with Gasteiger partial charge >= 0.3 is 0 Å².